The van der Waals surface area contributed by atoms with Gasteiger partial charge in [0.2, 0.25) is 5.91 Å². The molecule has 0 atom stereocenters. The van der Waals surface area contributed by atoms with Crippen LogP contribution in [0, 0.1) is 12.3 Å². The van der Waals surface area contributed by atoms with E-state index in [1.54, 1.807) is 0 Å². The Morgan fingerprint density at radius 2 is 1.91 bits per heavy atom. The summed E-state index contributed by atoms with van der Waals surface area (Å²) in [6.45, 7) is 1.74. The predicted octanol–water partition coefficient (Wildman–Crippen LogP) is 2.39. The third-order valence-corrected chi connectivity index (χ3v) is 5.06. The number of hydrazine groups is 1. The number of carbonyl (C=O) groups excluding carboxylic acids is 1. The number of hydrogen-bond acceptors (Lipinski definition) is 3. The number of carbonyl (C=O) groups is 1. The zero-order valence-electron chi connectivity index (χ0n) is 13.6. The minimum Gasteiger partial charge on any atom is -0.343 e. The van der Waals surface area contributed by atoms with Crippen LogP contribution in [0.3, 0.4) is 0 Å². The zero-order valence-corrected chi connectivity index (χ0v) is 13.6. The van der Waals surface area contributed by atoms with Gasteiger partial charge in [-0.1, -0.05) is 30.3 Å². The van der Waals surface area contributed by atoms with Crippen molar-refractivity contribution in [2.45, 2.75) is 50.1 Å². The number of amides is 1. The van der Waals surface area contributed by atoms with Gasteiger partial charge in [-0.05, 0) is 37.2 Å². The molecular weight excluding hydrogens is 286 g/mol. The van der Waals surface area contributed by atoms with Gasteiger partial charge in [0.1, 0.15) is 0 Å². The zero-order chi connectivity index (χ0) is 16.1. The Morgan fingerprint density at radius 1 is 1.22 bits per heavy atom. The van der Waals surface area contributed by atoms with Gasteiger partial charge >= 0.3 is 0 Å². The van der Waals surface area contributed by atoms with Crippen molar-refractivity contribution in [1.29, 1.82) is 0 Å². The molecule has 1 aromatic carbocycles. The Balaban J connectivity index is 1.43. The fourth-order valence-corrected chi connectivity index (χ4v) is 3.41. The Morgan fingerprint density at radius 3 is 2.52 bits per heavy atom. The SMILES string of the molecule is C#CCCC1(CCC(=O)N2CCC(c3ccccc3)CC2)NN1. The van der Waals surface area contributed by atoms with E-state index in [2.05, 4.69) is 47.1 Å². The van der Waals surface area contributed by atoms with E-state index in [-0.39, 0.29) is 11.6 Å². The molecule has 0 spiro atoms. The maximum absolute atomic E-state index is 12.4. The lowest BCUT2D eigenvalue weighted by molar-refractivity contribution is -0.132. The first-order valence-electron chi connectivity index (χ1n) is 8.53. The molecular formula is C19H25N3O. The molecule has 2 heterocycles. The van der Waals surface area contributed by atoms with Gasteiger partial charge in [0.05, 0.1) is 5.66 Å². The summed E-state index contributed by atoms with van der Waals surface area (Å²) in [4.78, 5) is 14.4. The maximum atomic E-state index is 12.4. The molecule has 0 saturated carbocycles. The van der Waals surface area contributed by atoms with Gasteiger partial charge in [-0.2, -0.15) is 0 Å². The first-order chi connectivity index (χ1) is 11.2. The Hall–Kier alpha value is -1.83. The van der Waals surface area contributed by atoms with E-state index < -0.39 is 0 Å². The molecule has 3 rings (SSSR count). The topological polar surface area (TPSA) is 64.2 Å². The van der Waals surface area contributed by atoms with Crippen molar-refractivity contribution in [3.8, 4) is 12.3 Å². The molecule has 2 aliphatic heterocycles. The number of benzene rings is 1. The molecule has 2 N–H and O–H groups in total. The maximum Gasteiger partial charge on any atom is 0.222 e. The number of rotatable bonds is 6. The second kappa shape index (κ2) is 7.16. The van der Waals surface area contributed by atoms with Crippen LogP contribution in [0.5, 0.6) is 0 Å². The van der Waals surface area contributed by atoms with Crippen molar-refractivity contribution in [3.05, 3.63) is 35.9 Å². The van der Waals surface area contributed by atoms with E-state index in [1.807, 2.05) is 4.90 Å². The number of likely N-dealkylation sites (tertiary alicyclic amines) is 1. The molecule has 2 saturated heterocycles. The van der Waals surface area contributed by atoms with Crippen molar-refractivity contribution < 1.29 is 4.79 Å². The van der Waals surface area contributed by atoms with Crippen molar-refractivity contribution in [2.24, 2.45) is 0 Å². The summed E-state index contributed by atoms with van der Waals surface area (Å²) < 4.78 is 0. The predicted molar refractivity (Wildman–Crippen MR) is 91.3 cm³/mol. The summed E-state index contributed by atoms with van der Waals surface area (Å²) >= 11 is 0. The van der Waals surface area contributed by atoms with Crippen LogP contribution in [0.1, 0.15) is 50.0 Å². The van der Waals surface area contributed by atoms with Gasteiger partial charge in [0, 0.05) is 25.9 Å². The first-order valence-corrected chi connectivity index (χ1v) is 8.53. The number of nitrogens with one attached hydrogen (secondary N) is 2. The normalized spacial score (nSPS) is 20.0. The number of nitrogens with zero attached hydrogens (tertiary/aromatic N) is 1. The highest BCUT2D eigenvalue weighted by Crippen LogP contribution is 2.29. The van der Waals surface area contributed by atoms with Gasteiger partial charge in [0.15, 0.2) is 0 Å². The standard InChI is InChI=1S/C19H25N3O/c1-2-3-12-19(20-21-19)13-9-18(23)22-14-10-17(11-15-22)16-7-5-4-6-8-16/h1,4-8,17,20-21H,3,9-15H2. The highest BCUT2D eigenvalue weighted by molar-refractivity contribution is 5.76. The van der Waals surface area contributed by atoms with Crippen LogP contribution in [0.25, 0.3) is 0 Å². The Labute approximate surface area is 138 Å². The van der Waals surface area contributed by atoms with Crippen LogP contribution >= 0.6 is 0 Å². The van der Waals surface area contributed by atoms with Crippen LogP contribution < -0.4 is 10.9 Å². The van der Waals surface area contributed by atoms with Gasteiger partial charge in [-0.15, -0.1) is 12.3 Å². The molecule has 0 radical (unpaired) electrons. The van der Waals surface area contributed by atoms with Crippen LogP contribution in [0.15, 0.2) is 30.3 Å². The van der Waals surface area contributed by atoms with Crippen LogP contribution in [-0.2, 0) is 4.79 Å². The average Bonchev–Trinajstić information content (AvgIpc) is 3.39. The van der Waals surface area contributed by atoms with Gasteiger partial charge in [0.25, 0.3) is 0 Å². The summed E-state index contributed by atoms with van der Waals surface area (Å²) in [6.07, 6.45) is 10.5. The molecule has 0 aliphatic carbocycles. The Kier molecular flexibility index (Phi) is 5.00. The van der Waals surface area contributed by atoms with Crippen molar-refractivity contribution in [3.63, 3.8) is 0 Å². The molecule has 4 nitrogen and oxygen atoms in total. The number of piperidine rings is 1. The van der Waals surface area contributed by atoms with E-state index >= 15 is 0 Å². The molecule has 2 fully saturated rings. The summed E-state index contributed by atoms with van der Waals surface area (Å²) in [5, 5.41) is 0. The minimum absolute atomic E-state index is 0.0929. The lowest BCUT2D eigenvalue weighted by Gasteiger charge is -2.32. The quantitative estimate of drug-likeness (QED) is 0.626. The summed E-state index contributed by atoms with van der Waals surface area (Å²) in [5.74, 6) is 3.52. The molecule has 1 amide bonds. The van der Waals surface area contributed by atoms with E-state index in [4.69, 9.17) is 6.42 Å². The first kappa shape index (κ1) is 16.0. The van der Waals surface area contributed by atoms with Gasteiger partial charge < -0.3 is 4.90 Å². The van der Waals surface area contributed by atoms with Crippen molar-refractivity contribution in [2.75, 3.05) is 13.1 Å². The Bertz CT molecular complexity index is 566. The highest BCUT2D eigenvalue weighted by Gasteiger charge is 2.41. The monoisotopic (exact) mass is 311 g/mol. The average molecular weight is 311 g/mol. The van der Waals surface area contributed by atoms with E-state index in [0.717, 1.165) is 45.2 Å². The second-order valence-electron chi connectivity index (χ2n) is 6.60. The molecule has 23 heavy (non-hydrogen) atoms. The third-order valence-electron chi connectivity index (χ3n) is 5.06. The fourth-order valence-electron chi connectivity index (χ4n) is 3.41. The van der Waals surface area contributed by atoms with E-state index in [9.17, 15) is 4.79 Å². The second-order valence-corrected chi connectivity index (χ2v) is 6.60. The highest BCUT2D eigenvalue weighted by atomic mass is 16.2. The minimum atomic E-state index is -0.0929. The molecule has 0 aromatic heterocycles. The van der Waals surface area contributed by atoms with Crippen LogP contribution in [0.4, 0.5) is 0 Å². The van der Waals surface area contributed by atoms with Crippen LogP contribution in [-0.4, -0.2) is 29.6 Å². The summed E-state index contributed by atoms with van der Waals surface area (Å²) in [6, 6.07) is 10.6. The van der Waals surface area contributed by atoms with Crippen LogP contribution in [0.2, 0.25) is 0 Å². The molecule has 122 valence electrons. The fraction of sp³-hybridized carbons (Fsp3) is 0.526. The number of terminal acetylenes is 1. The van der Waals surface area contributed by atoms with Gasteiger partial charge in [-0.3, -0.25) is 4.79 Å². The molecule has 1 aromatic rings. The van der Waals surface area contributed by atoms with E-state index in [1.165, 1.54) is 5.56 Å². The van der Waals surface area contributed by atoms with E-state index in [0.29, 0.717) is 12.3 Å². The number of hydrogen-bond donors (Lipinski definition) is 2. The third kappa shape index (κ3) is 4.13. The molecule has 4 heteroatoms. The van der Waals surface area contributed by atoms with Gasteiger partial charge in [-0.25, -0.2) is 10.9 Å². The summed E-state index contributed by atoms with van der Waals surface area (Å²) in [5.41, 5.74) is 7.62. The molecule has 2 aliphatic rings. The van der Waals surface area contributed by atoms with Crippen molar-refractivity contribution >= 4 is 5.91 Å². The largest absolute Gasteiger partial charge is 0.343 e. The molecule has 0 bridgehead atoms. The van der Waals surface area contributed by atoms with Crippen molar-refractivity contribution in [1.82, 2.24) is 15.8 Å². The molecule has 0 unspecified atom stereocenters. The lowest BCUT2D eigenvalue weighted by atomic mass is 9.89. The summed E-state index contributed by atoms with van der Waals surface area (Å²) in [7, 11) is 0. The lowest BCUT2D eigenvalue weighted by Crippen LogP contribution is -2.38. The smallest absolute Gasteiger partial charge is 0.222 e.